The van der Waals surface area contributed by atoms with Crippen LogP contribution in [0.3, 0.4) is 0 Å². The van der Waals surface area contributed by atoms with Gasteiger partial charge in [-0.1, -0.05) is 24.3 Å². The maximum Gasteiger partial charge on any atom is 0.416 e. The van der Waals surface area contributed by atoms with Crippen molar-refractivity contribution in [3.8, 4) is 16.9 Å². The minimum absolute atomic E-state index is 0.0108. The van der Waals surface area contributed by atoms with Crippen molar-refractivity contribution in [1.82, 2.24) is 15.4 Å². The van der Waals surface area contributed by atoms with Crippen molar-refractivity contribution in [1.29, 1.82) is 0 Å². The molecule has 1 amide bonds. The number of alkyl halides is 3. The third-order valence-electron chi connectivity index (χ3n) is 6.74. The molecule has 0 spiro atoms. The summed E-state index contributed by atoms with van der Waals surface area (Å²) in [7, 11) is 0. The zero-order valence-corrected chi connectivity index (χ0v) is 24.3. The third kappa shape index (κ3) is 8.13. The normalized spacial score (nSPS) is 14.8. The van der Waals surface area contributed by atoms with Crippen LogP contribution in [-0.4, -0.2) is 47.3 Å². The number of phenols is 1. The third-order valence-corrected chi connectivity index (χ3v) is 6.74. The SMILES string of the molecule is C\C=C/C(=C\C(C)=C(/C)C(=O)NNc1ncc(F)c(N2CCOCC2)n1)Nc1cc(-c2ccccc2O)cc(C(F)(F)F)c1. The van der Waals surface area contributed by atoms with Crippen LogP contribution in [0.5, 0.6) is 5.75 Å². The van der Waals surface area contributed by atoms with E-state index >= 15 is 0 Å². The van der Waals surface area contributed by atoms with Crippen LogP contribution in [0, 0.1) is 5.82 Å². The number of hydrogen-bond acceptors (Lipinski definition) is 8. The molecule has 0 bridgehead atoms. The largest absolute Gasteiger partial charge is 0.507 e. The van der Waals surface area contributed by atoms with E-state index in [1.807, 2.05) is 0 Å². The average molecular weight is 613 g/mol. The number of amides is 1. The topological polar surface area (TPSA) is 112 Å². The first-order valence-corrected chi connectivity index (χ1v) is 13.7. The van der Waals surface area contributed by atoms with Crippen LogP contribution in [0.1, 0.15) is 26.3 Å². The van der Waals surface area contributed by atoms with Gasteiger partial charge in [0.25, 0.3) is 5.91 Å². The van der Waals surface area contributed by atoms with Crippen LogP contribution < -0.4 is 21.1 Å². The Kier molecular flexibility index (Phi) is 10.2. The number of phenolic OH excluding ortho intramolecular Hbond substituents is 1. The number of aromatic nitrogens is 2. The lowest BCUT2D eigenvalue weighted by Crippen LogP contribution is -2.38. The molecule has 1 aliphatic rings. The molecule has 0 unspecified atom stereocenters. The maximum atomic E-state index is 14.3. The highest BCUT2D eigenvalue weighted by molar-refractivity contribution is 5.94. The fourth-order valence-corrected chi connectivity index (χ4v) is 4.35. The summed E-state index contributed by atoms with van der Waals surface area (Å²) >= 11 is 0. The number of nitrogens with one attached hydrogen (secondary N) is 3. The van der Waals surface area contributed by atoms with E-state index < -0.39 is 23.5 Å². The lowest BCUT2D eigenvalue weighted by atomic mass is 10.0. The number of benzene rings is 2. The van der Waals surface area contributed by atoms with E-state index in [2.05, 4.69) is 26.1 Å². The molecule has 0 saturated carbocycles. The van der Waals surface area contributed by atoms with Crippen molar-refractivity contribution in [2.24, 2.45) is 0 Å². The predicted octanol–water partition coefficient (Wildman–Crippen LogP) is 6.20. The second-order valence-electron chi connectivity index (χ2n) is 9.89. The number of allylic oxidation sites excluding steroid dienone is 4. The van der Waals surface area contributed by atoms with Crippen LogP contribution in [0.25, 0.3) is 11.1 Å². The van der Waals surface area contributed by atoms with E-state index in [-0.39, 0.29) is 39.9 Å². The van der Waals surface area contributed by atoms with Gasteiger partial charge in [0, 0.05) is 35.6 Å². The Hall–Kier alpha value is -4.91. The number of anilines is 3. The van der Waals surface area contributed by atoms with Crippen LogP contribution >= 0.6 is 0 Å². The quantitative estimate of drug-likeness (QED) is 0.0980. The molecule has 1 fully saturated rings. The van der Waals surface area contributed by atoms with Crippen LogP contribution in [0.15, 0.2) is 83.7 Å². The highest BCUT2D eigenvalue weighted by Gasteiger charge is 2.31. The molecule has 2 heterocycles. The molecule has 2 aromatic carbocycles. The zero-order chi connectivity index (χ0) is 31.9. The van der Waals surface area contributed by atoms with Gasteiger partial charge in [0.15, 0.2) is 11.6 Å². The first-order valence-electron chi connectivity index (χ1n) is 13.7. The summed E-state index contributed by atoms with van der Waals surface area (Å²) in [5.74, 6) is -1.20. The van der Waals surface area contributed by atoms with Gasteiger partial charge in [-0.25, -0.2) is 9.37 Å². The molecule has 13 heteroatoms. The molecule has 0 atom stereocenters. The number of carbonyl (C=O) groups excluding carboxylic acids is 1. The molecule has 232 valence electrons. The molecule has 4 N–H and O–H groups in total. The molecule has 0 radical (unpaired) electrons. The van der Waals surface area contributed by atoms with Crippen molar-refractivity contribution >= 4 is 23.4 Å². The molecule has 44 heavy (non-hydrogen) atoms. The number of halogens is 4. The van der Waals surface area contributed by atoms with Crippen LogP contribution in [0.4, 0.5) is 35.0 Å². The lowest BCUT2D eigenvalue weighted by Gasteiger charge is -2.28. The monoisotopic (exact) mass is 612 g/mol. The standard InChI is InChI=1S/C31H32F4N6O3/c1-4-7-23(37-24-16-21(15-22(17-24)31(33,34)35)25-8-5-6-9-27(25)42)14-19(2)20(3)29(43)39-40-30-36-18-26(32)28(38-30)41-10-12-44-13-11-41/h4-9,14-18,37,42H,10-13H2,1-3H3,(H,39,43)(H,36,38,40)/b7-4-,20-19+,23-14+. The first-order chi connectivity index (χ1) is 21.0. The number of para-hydroxylation sites is 1. The highest BCUT2D eigenvalue weighted by atomic mass is 19.4. The van der Waals surface area contributed by atoms with Gasteiger partial charge in [-0.05, 0) is 68.3 Å². The Morgan fingerprint density at radius 3 is 2.52 bits per heavy atom. The van der Waals surface area contributed by atoms with Gasteiger partial charge in [-0.3, -0.25) is 15.6 Å². The molecule has 4 rings (SSSR count). The molecule has 0 aliphatic carbocycles. The Morgan fingerprint density at radius 2 is 1.84 bits per heavy atom. The fourth-order valence-electron chi connectivity index (χ4n) is 4.35. The summed E-state index contributed by atoms with van der Waals surface area (Å²) < 4.78 is 60.9. The van der Waals surface area contributed by atoms with Gasteiger partial charge < -0.3 is 20.1 Å². The number of ether oxygens (including phenoxy) is 1. The number of morpholine rings is 1. The fraction of sp³-hybridized carbons (Fsp3) is 0.258. The number of hydrazine groups is 1. The highest BCUT2D eigenvalue weighted by Crippen LogP contribution is 2.37. The minimum Gasteiger partial charge on any atom is -0.507 e. The molecular weight excluding hydrogens is 580 g/mol. The van der Waals surface area contributed by atoms with Gasteiger partial charge in [-0.2, -0.15) is 18.2 Å². The second kappa shape index (κ2) is 14.0. The smallest absolute Gasteiger partial charge is 0.416 e. The number of carbonyl (C=O) groups is 1. The summed E-state index contributed by atoms with van der Waals surface area (Å²) in [6.45, 7) is 6.79. The average Bonchev–Trinajstić information content (AvgIpc) is 3.00. The van der Waals surface area contributed by atoms with E-state index in [1.165, 1.54) is 18.2 Å². The Bertz CT molecular complexity index is 1600. The summed E-state index contributed by atoms with van der Waals surface area (Å²) in [5, 5.41) is 13.2. The Morgan fingerprint density at radius 1 is 1.11 bits per heavy atom. The summed E-state index contributed by atoms with van der Waals surface area (Å²) in [6.07, 6.45) is 1.33. The van der Waals surface area contributed by atoms with Crippen molar-refractivity contribution in [3.05, 3.63) is 95.1 Å². The van der Waals surface area contributed by atoms with Crippen LogP contribution in [0.2, 0.25) is 0 Å². The van der Waals surface area contributed by atoms with Crippen molar-refractivity contribution in [3.63, 3.8) is 0 Å². The lowest BCUT2D eigenvalue weighted by molar-refractivity contribution is -0.137. The summed E-state index contributed by atoms with van der Waals surface area (Å²) in [6, 6.07) is 9.57. The molecular formula is C31H32F4N6O3. The Balaban J connectivity index is 1.54. The minimum atomic E-state index is -4.63. The molecule has 3 aromatic rings. The van der Waals surface area contributed by atoms with Gasteiger partial charge in [-0.15, -0.1) is 0 Å². The number of rotatable bonds is 9. The van der Waals surface area contributed by atoms with E-state index in [4.69, 9.17) is 4.74 Å². The number of nitrogens with zero attached hydrogens (tertiary/aromatic N) is 3. The number of aromatic hydroxyl groups is 1. The van der Waals surface area contributed by atoms with E-state index in [0.717, 1.165) is 18.3 Å². The van der Waals surface area contributed by atoms with Crippen LogP contribution in [-0.2, 0) is 15.7 Å². The summed E-state index contributed by atoms with van der Waals surface area (Å²) in [5.41, 5.74) is 5.94. The zero-order valence-electron chi connectivity index (χ0n) is 24.3. The second-order valence-corrected chi connectivity index (χ2v) is 9.89. The predicted molar refractivity (Wildman–Crippen MR) is 160 cm³/mol. The van der Waals surface area contributed by atoms with Crippen molar-refractivity contribution in [2.75, 3.05) is 41.9 Å². The van der Waals surface area contributed by atoms with Crippen molar-refractivity contribution < 1.29 is 32.2 Å². The maximum absolute atomic E-state index is 14.3. The van der Waals surface area contributed by atoms with Gasteiger partial charge >= 0.3 is 6.18 Å². The molecule has 1 aromatic heterocycles. The van der Waals surface area contributed by atoms with E-state index in [9.17, 15) is 27.5 Å². The Labute approximate surface area is 251 Å². The molecule has 1 aliphatic heterocycles. The summed E-state index contributed by atoms with van der Waals surface area (Å²) in [4.78, 5) is 22.7. The molecule has 1 saturated heterocycles. The first kappa shape index (κ1) is 32.0. The number of hydrogen-bond donors (Lipinski definition) is 4. The van der Waals surface area contributed by atoms with Gasteiger partial charge in [0.1, 0.15) is 5.75 Å². The van der Waals surface area contributed by atoms with E-state index in [1.54, 1.807) is 56.0 Å². The van der Waals surface area contributed by atoms with Gasteiger partial charge in [0.2, 0.25) is 5.95 Å². The van der Waals surface area contributed by atoms with Crippen molar-refractivity contribution in [2.45, 2.75) is 26.9 Å². The molecule has 9 nitrogen and oxygen atoms in total. The van der Waals surface area contributed by atoms with E-state index in [0.29, 0.717) is 37.6 Å². The van der Waals surface area contributed by atoms with Gasteiger partial charge in [0.05, 0.1) is 25.0 Å².